The predicted molar refractivity (Wildman–Crippen MR) is 67.1 cm³/mol. The minimum absolute atomic E-state index is 0.0782. The fourth-order valence-electron chi connectivity index (χ4n) is 1.51. The molecule has 0 atom stereocenters. The number of ether oxygens (including phenoxy) is 2. The van der Waals surface area contributed by atoms with E-state index >= 15 is 0 Å². The number of esters is 1. The lowest BCUT2D eigenvalue weighted by Crippen LogP contribution is -2.24. The molecule has 0 fully saturated rings. The van der Waals surface area contributed by atoms with Crippen LogP contribution in [0.4, 0.5) is 8.78 Å². The Morgan fingerprint density at radius 2 is 1.74 bits per heavy atom. The number of carbonyl (C=O) groups excluding carboxylic acids is 1. The summed E-state index contributed by atoms with van der Waals surface area (Å²) in [5, 5.41) is 0. The van der Waals surface area contributed by atoms with Crippen LogP contribution in [0, 0.1) is 11.6 Å². The van der Waals surface area contributed by atoms with E-state index in [0.717, 1.165) is 0 Å². The van der Waals surface area contributed by atoms with Crippen molar-refractivity contribution in [3.05, 3.63) is 29.3 Å². The third kappa shape index (κ3) is 4.85. The molecule has 0 radical (unpaired) electrons. The van der Waals surface area contributed by atoms with Crippen molar-refractivity contribution in [2.24, 2.45) is 0 Å². The monoisotopic (exact) mass is 272 g/mol. The van der Waals surface area contributed by atoms with Crippen LogP contribution >= 0.6 is 0 Å². The fraction of sp³-hybridized carbons (Fsp3) is 0.500. The summed E-state index contributed by atoms with van der Waals surface area (Å²) in [6.45, 7) is 5.12. The van der Waals surface area contributed by atoms with Gasteiger partial charge < -0.3 is 9.47 Å². The maximum absolute atomic E-state index is 13.8. The first-order valence-electron chi connectivity index (χ1n) is 5.96. The number of benzene rings is 1. The number of hydrogen-bond donors (Lipinski definition) is 0. The Hall–Kier alpha value is -1.65. The normalized spacial score (nSPS) is 11.3. The van der Waals surface area contributed by atoms with Crippen molar-refractivity contribution >= 4 is 5.97 Å². The molecule has 0 saturated heterocycles. The topological polar surface area (TPSA) is 35.5 Å². The van der Waals surface area contributed by atoms with Gasteiger partial charge in [-0.1, -0.05) is 0 Å². The zero-order chi connectivity index (χ0) is 14.6. The summed E-state index contributed by atoms with van der Waals surface area (Å²) in [4.78, 5) is 11.0. The molecule has 0 amide bonds. The quantitative estimate of drug-likeness (QED) is 0.789. The highest BCUT2D eigenvalue weighted by atomic mass is 19.1. The molecule has 0 aliphatic carbocycles. The van der Waals surface area contributed by atoms with Gasteiger partial charge in [-0.05, 0) is 44.9 Å². The summed E-state index contributed by atoms with van der Waals surface area (Å²) in [7, 11) is 1.27. The minimum atomic E-state index is -0.769. The van der Waals surface area contributed by atoms with Gasteiger partial charge in [0, 0.05) is 6.42 Å². The van der Waals surface area contributed by atoms with Crippen molar-refractivity contribution in [1.29, 1.82) is 0 Å². The van der Waals surface area contributed by atoms with Gasteiger partial charge in [0.15, 0.2) is 17.4 Å². The first kappa shape index (κ1) is 15.4. The summed E-state index contributed by atoms with van der Waals surface area (Å²) < 4.78 is 37.2. The molecule has 1 aromatic carbocycles. The van der Waals surface area contributed by atoms with Gasteiger partial charge in [-0.3, -0.25) is 4.79 Å². The van der Waals surface area contributed by atoms with E-state index < -0.39 is 29.0 Å². The summed E-state index contributed by atoms with van der Waals surface area (Å²) in [5.41, 5.74) is -0.295. The average Bonchev–Trinajstić information content (AvgIpc) is 2.29. The highest BCUT2D eigenvalue weighted by molar-refractivity contribution is 5.69. The number of aryl methyl sites for hydroxylation is 1. The SMILES string of the molecule is COC(=O)CCc1cc(F)c(OC(C)(C)C)c(F)c1. The molecule has 5 heteroatoms. The van der Waals surface area contributed by atoms with E-state index in [4.69, 9.17) is 4.74 Å². The van der Waals surface area contributed by atoms with Crippen molar-refractivity contribution in [3.63, 3.8) is 0 Å². The van der Waals surface area contributed by atoms with Gasteiger partial charge in [-0.25, -0.2) is 8.78 Å². The Balaban J connectivity index is 2.88. The van der Waals surface area contributed by atoms with Crippen LogP contribution < -0.4 is 4.74 Å². The third-order valence-electron chi connectivity index (χ3n) is 2.31. The molecule has 106 valence electrons. The molecule has 1 rings (SSSR count). The first-order chi connectivity index (χ1) is 8.73. The second kappa shape index (κ2) is 5.99. The zero-order valence-electron chi connectivity index (χ0n) is 11.5. The van der Waals surface area contributed by atoms with Crippen molar-refractivity contribution < 1.29 is 23.0 Å². The van der Waals surface area contributed by atoms with Crippen molar-refractivity contribution in [2.75, 3.05) is 7.11 Å². The van der Waals surface area contributed by atoms with Gasteiger partial charge in [0.1, 0.15) is 5.60 Å². The Labute approximate surface area is 111 Å². The van der Waals surface area contributed by atoms with E-state index in [1.807, 2.05) is 0 Å². The number of carbonyl (C=O) groups is 1. The van der Waals surface area contributed by atoms with Crippen LogP contribution in [0.15, 0.2) is 12.1 Å². The number of methoxy groups -OCH3 is 1. The van der Waals surface area contributed by atoms with E-state index in [1.165, 1.54) is 19.2 Å². The van der Waals surface area contributed by atoms with Crippen molar-refractivity contribution in [1.82, 2.24) is 0 Å². The van der Waals surface area contributed by atoms with Crippen LogP contribution in [0.25, 0.3) is 0 Å². The van der Waals surface area contributed by atoms with Gasteiger partial charge in [-0.15, -0.1) is 0 Å². The van der Waals surface area contributed by atoms with Gasteiger partial charge in [-0.2, -0.15) is 0 Å². The highest BCUT2D eigenvalue weighted by Gasteiger charge is 2.19. The Morgan fingerprint density at radius 1 is 1.21 bits per heavy atom. The van der Waals surface area contributed by atoms with E-state index in [9.17, 15) is 13.6 Å². The lowest BCUT2D eigenvalue weighted by atomic mass is 10.1. The third-order valence-corrected chi connectivity index (χ3v) is 2.31. The van der Waals surface area contributed by atoms with Gasteiger partial charge in [0.25, 0.3) is 0 Å². The molecule has 0 saturated carbocycles. The molecule has 0 aromatic heterocycles. The van der Waals surface area contributed by atoms with E-state index in [2.05, 4.69) is 4.74 Å². The molecule has 0 unspecified atom stereocenters. The lowest BCUT2D eigenvalue weighted by molar-refractivity contribution is -0.140. The maximum Gasteiger partial charge on any atom is 0.305 e. The number of hydrogen-bond acceptors (Lipinski definition) is 3. The number of rotatable bonds is 4. The van der Waals surface area contributed by atoms with Crippen LogP contribution in [-0.2, 0) is 16.0 Å². The van der Waals surface area contributed by atoms with Crippen LogP contribution in [-0.4, -0.2) is 18.7 Å². The molecule has 19 heavy (non-hydrogen) atoms. The molecular weight excluding hydrogens is 254 g/mol. The molecule has 0 heterocycles. The molecule has 0 aliphatic rings. The van der Waals surface area contributed by atoms with Crippen molar-refractivity contribution in [3.8, 4) is 5.75 Å². The van der Waals surface area contributed by atoms with E-state index in [0.29, 0.717) is 5.56 Å². The Bertz CT molecular complexity index is 441. The molecule has 3 nitrogen and oxygen atoms in total. The van der Waals surface area contributed by atoms with Crippen molar-refractivity contribution in [2.45, 2.75) is 39.2 Å². The van der Waals surface area contributed by atoms with E-state index in [1.54, 1.807) is 20.8 Å². The second-order valence-corrected chi connectivity index (χ2v) is 5.18. The zero-order valence-corrected chi connectivity index (χ0v) is 11.5. The standard InChI is InChI=1S/C14H18F2O3/c1-14(2,3)19-13-10(15)7-9(8-11(13)16)5-6-12(17)18-4/h7-8H,5-6H2,1-4H3. The van der Waals surface area contributed by atoms with E-state index in [-0.39, 0.29) is 12.8 Å². The van der Waals surface area contributed by atoms with Crippen LogP contribution in [0.1, 0.15) is 32.8 Å². The van der Waals surface area contributed by atoms with Crippen LogP contribution in [0.5, 0.6) is 5.75 Å². The Morgan fingerprint density at radius 3 is 2.16 bits per heavy atom. The molecule has 0 N–H and O–H groups in total. The summed E-state index contributed by atoms with van der Waals surface area (Å²) >= 11 is 0. The fourth-order valence-corrected chi connectivity index (χ4v) is 1.51. The molecule has 0 spiro atoms. The Kier molecular flexibility index (Phi) is 4.86. The minimum Gasteiger partial charge on any atom is -0.482 e. The largest absolute Gasteiger partial charge is 0.482 e. The molecule has 0 bridgehead atoms. The highest BCUT2D eigenvalue weighted by Crippen LogP contribution is 2.27. The smallest absolute Gasteiger partial charge is 0.305 e. The molecular formula is C14H18F2O3. The summed E-state index contributed by atoms with van der Waals surface area (Å²) in [6.07, 6.45) is 0.297. The average molecular weight is 272 g/mol. The van der Waals surface area contributed by atoms with Gasteiger partial charge >= 0.3 is 5.97 Å². The summed E-state index contributed by atoms with van der Waals surface area (Å²) in [5.74, 6) is -2.35. The second-order valence-electron chi connectivity index (χ2n) is 5.18. The first-order valence-corrected chi connectivity index (χ1v) is 5.96. The molecule has 1 aromatic rings. The van der Waals surface area contributed by atoms with Gasteiger partial charge in [0.05, 0.1) is 7.11 Å². The predicted octanol–water partition coefficient (Wildman–Crippen LogP) is 3.25. The summed E-state index contributed by atoms with van der Waals surface area (Å²) in [6, 6.07) is 2.35. The van der Waals surface area contributed by atoms with Crippen LogP contribution in [0.2, 0.25) is 0 Å². The number of halogens is 2. The van der Waals surface area contributed by atoms with Gasteiger partial charge in [0.2, 0.25) is 0 Å². The maximum atomic E-state index is 13.8. The lowest BCUT2D eigenvalue weighted by Gasteiger charge is -2.22. The molecule has 0 aliphatic heterocycles. The van der Waals surface area contributed by atoms with Crippen LogP contribution in [0.3, 0.4) is 0 Å².